The van der Waals surface area contributed by atoms with E-state index in [9.17, 15) is 14.7 Å². The molecule has 0 aromatic carbocycles. The average Bonchev–Trinajstić information content (AvgIpc) is 2.80. The molecule has 3 rings (SSSR count). The summed E-state index contributed by atoms with van der Waals surface area (Å²) in [5.74, 6) is -0.507. The first kappa shape index (κ1) is 14.3. The summed E-state index contributed by atoms with van der Waals surface area (Å²) in [6.07, 6.45) is 2.30. The van der Waals surface area contributed by atoms with Gasteiger partial charge in [0.1, 0.15) is 10.7 Å². The molecule has 0 bridgehead atoms. The van der Waals surface area contributed by atoms with Gasteiger partial charge in [-0.3, -0.25) is 14.2 Å². The van der Waals surface area contributed by atoms with E-state index in [1.807, 2.05) is 13.8 Å². The van der Waals surface area contributed by atoms with Crippen molar-refractivity contribution in [1.29, 1.82) is 0 Å². The second kappa shape index (κ2) is 4.94. The summed E-state index contributed by atoms with van der Waals surface area (Å²) in [5.41, 5.74) is 0.603. The molecule has 0 saturated heterocycles. The van der Waals surface area contributed by atoms with Crippen LogP contribution in [0.3, 0.4) is 0 Å². The zero-order chi connectivity index (χ0) is 15.3. The average molecular weight is 306 g/mol. The van der Waals surface area contributed by atoms with Crippen LogP contribution in [-0.4, -0.2) is 20.6 Å². The molecule has 1 aliphatic carbocycles. The molecule has 2 aromatic heterocycles. The van der Waals surface area contributed by atoms with E-state index in [1.54, 1.807) is 11.6 Å². The largest absolute Gasteiger partial charge is 0.481 e. The van der Waals surface area contributed by atoms with Gasteiger partial charge in [0.2, 0.25) is 0 Å². The number of carbonyl (C=O) groups is 1. The summed E-state index contributed by atoms with van der Waals surface area (Å²) in [4.78, 5) is 30.5. The van der Waals surface area contributed by atoms with Gasteiger partial charge in [-0.15, -0.1) is 11.3 Å². The summed E-state index contributed by atoms with van der Waals surface area (Å²) in [5, 5.41) is 9.96. The maximum absolute atomic E-state index is 12.7. The maximum atomic E-state index is 12.7. The van der Waals surface area contributed by atoms with Crippen LogP contribution in [0.4, 0.5) is 0 Å². The number of nitrogens with zero attached hydrogens (tertiary/aromatic N) is 2. The molecule has 0 radical (unpaired) electrons. The van der Waals surface area contributed by atoms with E-state index < -0.39 is 11.9 Å². The highest BCUT2D eigenvalue weighted by Gasteiger charge is 2.32. The minimum atomic E-state index is -0.842. The highest BCUT2D eigenvalue weighted by atomic mass is 32.1. The fraction of sp³-hybridized carbons (Fsp3) is 0.533. The highest BCUT2D eigenvalue weighted by molar-refractivity contribution is 7.18. The first-order valence-corrected chi connectivity index (χ1v) is 7.98. The third-order valence-electron chi connectivity index (χ3n) is 4.14. The van der Waals surface area contributed by atoms with Gasteiger partial charge < -0.3 is 5.11 Å². The smallest absolute Gasteiger partial charge is 0.311 e. The Morgan fingerprint density at radius 3 is 2.81 bits per heavy atom. The van der Waals surface area contributed by atoms with Crippen molar-refractivity contribution in [2.45, 2.75) is 44.9 Å². The lowest BCUT2D eigenvalue weighted by Gasteiger charge is -2.19. The van der Waals surface area contributed by atoms with Crippen molar-refractivity contribution < 1.29 is 9.90 Å². The van der Waals surface area contributed by atoms with Crippen LogP contribution in [0.25, 0.3) is 10.2 Å². The standard InChI is InChI=1S/C15H18N2O3S/c1-7(2)12-16-13-11(14(18)17(12)3)10-8(15(19)20)5-4-6-9(10)21-13/h7-8H,4-6H2,1-3H3,(H,19,20). The molecule has 6 heteroatoms. The van der Waals surface area contributed by atoms with Crippen molar-refractivity contribution in [2.75, 3.05) is 0 Å². The molecule has 5 nitrogen and oxygen atoms in total. The molecule has 0 spiro atoms. The van der Waals surface area contributed by atoms with Crippen LogP contribution in [0.5, 0.6) is 0 Å². The van der Waals surface area contributed by atoms with E-state index in [0.717, 1.165) is 29.1 Å². The number of hydrogen-bond donors (Lipinski definition) is 1. The predicted molar refractivity (Wildman–Crippen MR) is 82.3 cm³/mol. The normalized spacial score (nSPS) is 18.2. The van der Waals surface area contributed by atoms with E-state index in [-0.39, 0.29) is 11.5 Å². The Hall–Kier alpha value is -1.69. The summed E-state index contributed by atoms with van der Waals surface area (Å²) in [6.45, 7) is 4.00. The SMILES string of the molecule is CC(C)c1nc2sc3c(c2c(=O)n1C)C(C(=O)O)CCC3. The second-order valence-corrected chi connectivity index (χ2v) is 6.97. The Morgan fingerprint density at radius 2 is 2.19 bits per heavy atom. The zero-order valence-corrected chi connectivity index (χ0v) is 13.2. The molecule has 1 aliphatic rings. The number of thiophene rings is 1. The minimum Gasteiger partial charge on any atom is -0.481 e. The predicted octanol–water partition coefficient (Wildman–Crippen LogP) is 2.62. The van der Waals surface area contributed by atoms with Gasteiger partial charge in [-0.05, 0) is 24.8 Å². The number of aromatic nitrogens is 2. The molecule has 1 unspecified atom stereocenters. The molecular formula is C15H18N2O3S. The highest BCUT2D eigenvalue weighted by Crippen LogP contribution is 2.40. The van der Waals surface area contributed by atoms with E-state index in [4.69, 9.17) is 0 Å². The Balaban J connectivity index is 2.37. The quantitative estimate of drug-likeness (QED) is 0.925. The lowest BCUT2D eigenvalue weighted by Crippen LogP contribution is -2.25. The van der Waals surface area contributed by atoms with Crippen molar-refractivity contribution in [3.63, 3.8) is 0 Å². The number of aryl methyl sites for hydroxylation is 1. The molecule has 112 valence electrons. The summed E-state index contributed by atoms with van der Waals surface area (Å²) in [7, 11) is 1.72. The third-order valence-corrected chi connectivity index (χ3v) is 5.30. The Kier molecular flexibility index (Phi) is 3.36. The number of rotatable bonds is 2. The molecule has 0 aliphatic heterocycles. The van der Waals surface area contributed by atoms with Crippen molar-refractivity contribution in [3.05, 3.63) is 26.6 Å². The van der Waals surface area contributed by atoms with Crippen LogP contribution < -0.4 is 5.56 Å². The zero-order valence-electron chi connectivity index (χ0n) is 12.3. The molecule has 0 amide bonds. The van der Waals surface area contributed by atoms with Crippen LogP contribution in [0.15, 0.2) is 4.79 Å². The molecule has 2 aromatic rings. The van der Waals surface area contributed by atoms with Crippen LogP contribution in [0.2, 0.25) is 0 Å². The van der Waals surface area contributed by atoms with E-state index in [2.05, 4.69) is 4.98 Å². The lowest BCUT2D eigenvalue weighted by atomic mass is 9.86. The number of fused-ring (bicyclic) bond motifs is 3. The Morgan fingerprint density at radius 1 is 1.48 bits per heavy atom. The van der Waals surface area contributed by atoms with Crippen LogP contribution in [0.1, 0.15) is 54.8 Å². The number of carboxylic acids is 1. The van der Waals surface area contributed by atoms with E-state index in [1.165, 1.54) is 11.3 Å². The fourth-order valence-corrected chi connectivity index (χ4v) is 4.41. The molecule has 1 N–H and O–H groups in total. The third kappa shape index (κ3) is 2.09. The summed E-state index contributed by atoms with van der Waals surface area (Å²) in [6, 6.07) is 0. The molecule has 0 saturated carbocycles. The first-order chi connectivity index (χ1) is 9.91. The Bertz CT molecular complexity index is 788. The first-order valence-electron chi connectivity index (χ1n) is 7.16. The second-order valence-electron chi connectivity index (χ2n) is 5.89. The van der Waals surface area contributed by atoms with Gasteiger partial charge in [-0.2, -0.15) is 0 Å². The molecule has 0 fully saturated rings. The van der Waals surface area contributed by atoms with Crippen molar-refractivity contribution in [1.82, 2.24) is 9.55 Å². The van der Waals surface area contributed by atoms with Gasteiger partial charge >= 0.3 is 5.97 Å². The van der Waals surface area contributed by atoms with E-state index >= 15 is 0 Å². The molecule has 21 heavy (non-hydrogen) atoms. The van der Waals surface area contributed by atoms with Gasteiger partial charge in [0.05, 0.1) is 11.3 Å². The molecular weight excluding hydrogens is 288 g/mol. The minimum absolute atomic E-state index is 0.116. The van der Waals surface area contributed by atoms with Gasteiger partial charge in [-0.1, -0.05) is 13.8 Å². The number of aliphatic carboxylic acids is 1. The lowest BCUT2D eigenvalue weighted by molar-refractivity contribution is -0.139. The van der Waals surface area contributed by atoms with Gasteiger partial charge in [-0.25, -0.2) is 4.98 Å². The maximum Gasteiger partial charge on any atom is 0.311 e. The van der Waals surface area contributed by atoms with E-state index in [0.29, 0.717) is 16.6 Å². The van der Waals surface area contributed by atoms with Crippen molar-refractivity contribution in [2.24, 2.45) is 7.05 Å². The van der Waals surface area contributed by atoms with Crippen molar-refractivity contribution >= 4 is 27.5 Å². The summed E-state index contributed by atoms with van der Waals surface area (Å²) < 4.78 is 1.56. The number of hydrogen-bond acceptors (Lipinski definition) is 4. The van der Waals surface area contributed by atoms with Gasteiger partial charge in [0, 0.05) is 17.8 Å². The number of carboxylic acid groups (broad SMARTS) is 1. The van der Waals surface area contributed by atoms with Crippen LogP contribution in [-0.2, 0) is 18.3 Å². The monoisotopic (exact) mass is 306 g/mol. The van der Waals surface area contributed by atoms with Crippen molar-refractivity contribution in [3.8, 4) is 0 Å². The topological polar surface area (TPSA) is 72.2 Å². The van der Waals surface area contributed by atoms with Gasteiger partial charge in [0.25, 0.3) is 5.56 Å². The van der Waals surface area contributed by atoms with Gasteiger partial charge in [0.15, 0.2) is 0 Å². The summed E-state index contributed by atoms with van der Waals surface area (Å²) >= 11 is 1.49. The molecule has 2 heterocycles. The van der Waals surface area contributed by atoms with Crippen LogP contribution in [0, 0.1) is 0 Å². The molecule has 1 atom stereocenters. The Labute approximate surface area is 126 Å². The fourth-order valence-electron chi connectivity index (χ4n) is 3.14. The van der Waals surface area contributed by atoms with Crippen LogP contribution >= 0.6 is 11.3 Å².